The summed E-state index contributed by atoms with van der Waals surface area (Å²) in [5.41, 5.74) is 0.757. The molecule has 0 radical (unpaired) electrons. The van der Waals surface area contributed by atoms with Gasteiger partial charge in [0.15, 0.2) is 5.13 Å². The topological polar surface area (TPSA) is 87.7 Å². The molecule has 0 fully saturated rings. The first-order valence-electron chi connectivity index (χ1n) is 5.27. The van der Waals surface area contributed by atoms with E-state index in [1.165, 1.54) is 23.7 Å². The summed E-state index contributed by atoms with van der Waals surface area (Å²) in [6, 6.07) is 0. The van der Waals surface area contributed by atoms with Gasteiger partial charge >= 0.3 is 0 Å². The van der Waals surface area contributed by atoms with Crippen LogP contribution in [0.4, 0.5) is 5.13 Å². The van der Waals surface area contributed by atoms with Gasteiger partial charge in [0, 0.05) is 17.0 Å². The van der Waals surface area contributed by atoms with Crippen molar-refractivity contribution in [2.24, 2.45) is 0 Å². The highest BCUT2D eigenvalue weighted by molar-refractivity contribution is 7.93. The van der Waals surface area contributed by atoms with Crippen LogP contribution in [0.1, 0.15) is 26.5 Å². The summed E-state index contributed by atoms with van der Waals surface area (Å²) in [5, 5.41) is 8.29. The van der Waals surface area contributed by atoms with Gasteiger partial charge in [-0.2, -0.15) is 5.10 Å². The van der Waals surface area contributed by atoms with Crippen molar-refractivity contribution < 1.29 is 8.42 Å². The Morgan fingerprint density at radius 1 is 1.39 bits per heavy atom. The monoisotopic (exact) mass is 286 g/mol. The molecule has 0 aliphatic heterocycles. The molecule has 0 aliphatic rings. The van der Waals surface area contributed by atoms with E-state index in [1.54, 1.807) is 0 Å². The number of sulfonamides is 1. The van der Waals surface area contributed by atoms with Gasteiger partial charge in [0.1, 0.15) is 4.90 Å². The number of anilines is 1. The molecule has 18 heavy (non-hydrogen) atoms. The molecule has 6 nitrogen and oxygen atoms in total. The van der Waals surface area contributed by atoms with Crippen molar-refractivity contribution in [2.45, 2.75) is 31.1 Å². The van der Waals surface area contributed by atoms with Gasteiger partial charge in [0.25, 0.3) is 10.0 Å². The number of hydrogen-bond acceptors (Lipinski definition) is 5. The molecule has 2 heterocycles. The van der Waals surface area contributed by atoms with Crippen molar-refractivity contribution in [3.63, 3.8) is 0 Å². The highest BCUT2D eigenvalue weighted by Gasteiger charge is 2.21. The van der Waals surface area contributed by atoms with E-state index in [0.717, 1.165) is 5.69 Å². The zero-order valence-corrected chi connectivity index (χ0v) is 11.9. The minimum Gasteiger partial charge on any atom is -0.284 e. The molecule has 0 spiro atoms. The number of aromatic nitrogens is 3. The number of H-pyrrole nitrogens is 1. The van der Waals surface area contributed by atoms with Crippen LogP contribution in [0, 0.1) is 0 Å². The number of thiazole rings is 1. The van der Waals surface area contributed by atoms with Crippen LogP contribution in [0.2, 0.25) is 0 Å². The molecular weight excluding hydrogens is 272 g/mol. The van der Waals surface area contributed by atoms with Gasteiger partial charge in [-0.3, -0.25) is 9.82 Å². The minimum atomic E-state index is -3.60. The average Bonchev–Trinajstić information content (AvgIpc) is 2.83. The molecule has 0 aromatic carbocycles. The van der Waals surface area contributed by atoms with Crippen molar-refractivity contribution in [1.29, 1.82) is 0 Å². The second-order valence-electron chi connectivity index (χ2n) is 4.83. The zero-order valence-electron chi connectivity index (χ0n) is 10.3. The van der Waals surface area contributed by atoms with E-state index >= 15 is 0 Å². The largest absolute Gasteiger partial charge is 0.284 e. The number of aromatic amines is 1. The standard InChI is InChI=1S/C10H14N4O2S2/c1-10(2,3)8-6-17-9(13-8)14-18(15,16)7-4-11-12-5-7/h4-6H,1-3H3,(H,11,12)(H,13,14). The molecule has 2 aromatic heterocycles. The second kappa shape index (κ2) is 4.36. The number of rotatable bonds is 3. The van der Waals surface area contributed by atoms with Crippen molar-refractivity contribution in [1.82, 2.24) is 15.2 Å². The van der Waals surface area contributed by atoms with Gasteiger partial charge in [0.2, 0.25) is 0 Å². The Morgan fingerprint density at radius 3 is 2.61 bits per heavy atom. The van der Waals surface area contributed by atoms with Gasteiger partial charge in [0.05, 0.1) is 11.9 Å². The van der Waals surface area contributed by atoms with Crippen LogP contribution in [0.5, 0.6) is 0 Å². The summed E-state index contributed by atoms with van der Waals surface area (Å²) < 4.78 is 26.3. The van der Waals surface area contributed by atoms with Crippen LogP contribution >= 0.6 is 11.3 Å². The average molecular weight is 286 g/mol. The molecule has 0 amide bonds. The van der Waals surface area contributed by atoms with Gasteiger partial charge in [-0.05, 0) is 0 Å². The highest BCUT2D eigenvalue weighted by atomic mass is 32.2. The molecule has 2 rings (SSSR count). The van der Waals surface area contributed by atoms with Crippen LogP contribution < -0.4 is 4.72 Å². The summed E-state index contributed by atoms with van der Waals surface area (Å²) in [6.07, 6.45) is 2.57. The van der Waals surface area contributed by atoms with E-state index in [4.69, 9.17) is 0 Å². The fourth-order valence-corrected chi connectivity index (χ4v) is 3.32. The first kappa shape index (κ1) is 13.0. The lowest BCUT2D eigenvalue weighted by Gasteiger charge is -2.14. The summed E-state index contributed by atoms with van der Waals surface area (Å²) in [6.45, 7) is 6.07. The van der Waals surface area contributed by atoms with Crippen molar-refractivity contribution >= 4 is 26.5 Å². The normalized spacial score (nSPS) is 12.6. The Labute approximate surface area is 110 Å². The van der Waals surface area contributed by atoms with E-state index in [9.17, 15) is 8.42 Å². The molecule has 0 unspecified atom stereocenters. The van der Waals surface area contributed by atoms with Crippen LogP contribution in [-0.2, 0) is 15.4 Å². The predicted octanol–water partition coefficient (Wildman–Crippen LogP) is 1.96. The molecule has 0 atom stereocenters. The molecular formula is C10H14N4O2S2. The zero-order chi connectivity index (χ0) is 13.4. The van der Waals surface area contributed by atoms with Crippen LogP contribution in [0.15, 0.2) is 22.7 Å². The summed E-state index contributed by atoms with van der Waals surface area (Å²) in [5.74, 6) is 0. The quantitative estimate of drug-likeness (QED) is 0.903. The maximum atomic E-state index is 11.9. The maximum Gasteiger partial charge on any atom is 0.266 e. The Bertz CT molecular complexity index is 623. The number of nitrogens with zero attached hydrogens (tertiary/aromatic N) is 2. The number of hydrogen-bond donors (Lipinski definition) is 2. The van der Waals surface area contributed by atoms with E-state index in [0.29, 0.717) is 5.13 Å². The van der Waals surface area contributed by atoms with Gasteiger partial charge < -0.3 is 0 Å². The van der Waals surface area contributed by atoms with Gasteiger partial charge in [-0.15, -0.1) is 11.3 Å². The first-order chi connectivity index (χ1) is 8.29. The van der Waals surface area contributed by atoms with Crippen molar-refractivity contribution in [2.75, 3.05) is 4.72 Å². The van der Waals surface area contributed by atoms with Crippen LogP contribution in [0.25, 0.3) is 0 Å². The first-order valence-corrected chi connectivity index (χ1v) is 7.63. The third kappa shape index (κ3) is 2.70. The smallest absolute Gasteiger partial charge is 0.266 e. The molecule has 2 aromatic rings. The van der Waals surface area contributed by atoms with E-state index in [2.05, 4.69) is 19.9 Å². The second-order valence-corrected chi connectivity index (χ2v) is 7.37. The fourth-order valence-electron chi connectivity index (χ4n) is 1.22. The van der Waals surface area contributed by atoms with Gasteiger partial charge in [-0.1, -0.05) is 20.8 Å². The maximum absolute atomic E-state index is 11.9. The van der Waals surface area contributed by atoms with Gasteiger partial charge in [-0.25, -0.2) is 13.4 Å². The summed E-state index contributed by atoms with van der Waals surface area (Å²) >= 11 is 1.27. The van der Waals surface area contributed by atoms with Crippen molar-refractivity contribution in [3.8, 4) is 0 Å². The number of nitrogens with one attached hydrogen (secondary N) is 2. The Morgan fingerprint density at radius 2 is 2.11 bits per heavy atom. The van der Waals surface area contributed by atoms with Crippen LogP contribution in [-0.4, -0.2) is 23.6 Å². The molecule has 0 saturated carbocycles. The lowest BCUT2D eigenvalue weighted by atomic mass is 9.93. The third-order valence-electron chi connectivity index (χ3n) is 2.28. The highest BCUT2D eigenvalue weighted by Crippen LogP contribution is 2.27. The molecule has 0 bridgehead atoms. The molecule has 8 heteroatoms. The molecule has 0 aliphatic carbocycles. The fraction of sp³-hybridized carbons (Fsp3) is 0.400. The lowest BCUT2D eigenvalue weighted by Crippen LogP contribution is -2.14. The Balaban J connectivity index is 2.23. The van der Waals surface area contributed by atoms with E-state index < -0.39 is 10.0 Å². The molecule has 2 N–H and O–H groups in total. The predicted molar refractivity (Wildman–Crippen MR) is 70.2 cm³/mol. The molecule has 98 valence electrons. The van der Waals surface area contributed by atoms with E-state index in [1.807, 2.05) is 26.2 Å². The SMILES string of the molecule is CC(C)(C)c1csc(NS(=O)(=O)c2cn[nH]c2)n1. The Hall–Kier alpha value is -1.41. The van der Waals surface area contributed by atoms with Crippen LogP contribution in [0.3, 0.4) is 0 Å². The summed E-state index contributed by atoms with van der Waals surface area (Å²) in [7, 11) is -3.60. The van der Waals surface area contributed by atoms with E-state index in [-0.39, 0.29) is 10.3 Å². The van der Waals surface area contributed by atoms with Crippen molar-refractivity contribution in [3.05, 3.63) is 23.5 Å². The third-order valence-corrected chi connectivity index (χ3v) is 4.47. The molecule has 0 saturated heterocycles. The summed E-state index contributed by atoms with van der Waals surface area (Å²) in [4.78, 5) is 4.37. The Kier molecular flexibility index (Phi) is 3.16. The minimum absolute atomic E-state index is 0.0926. The lowest BCUT2D eigenvalue weighted by molar-refractivity contribution is 0.573.